The minimum atomic E-state index is 0.255. The van der Waals surface area contributed by atoms with Crippen molar-refractivity contribution >= 4 is 5.82 Å². The first-order chi connectivity index (χ1) is 12.7. The van der Waals surface area contributed by atoms with E-state index in [0.717, 1.165) is 42.5 Å². The molecule has 3 heterocycles. The van der Waals surface area contributed by atoms with E-state index in [-0.39, 0.29) is 6.61 Å². The third kappa shape index (κ3) is 3.74. The van der Waals surface area contributed by atoms with Crippen molar-refractivity contribution in [2.45, 2.75) is 19.8 Å². The molecule has 4 rings (SSSR count). The van der Waals surface area contributed by atoms with Gasteiger partial charge in [-0.3, -0.25) is 0 Å². The molecule has 0 spiro atoms. The molecule has 5 heteroatoms. The number of benzene rings is 1. The standard InChI is InChI=1S/C21H28N4O/c1-16-11-20(23-21(22-16)17-7-3-2-4-8-17)25-13-18(19(14-25)15-26)12-24-9-5-6-10-24/h2-4,7-8,11,18-19,26H,5-6,9-10,12-15H2,1H3/t18-,19-/m1/s1. The van der Waals surface area contributed by atoms with Crippen molar-refractivity contribution in [3.8, 4) is 11.4 Å². The van der Waals surface area contributed by atoms with Gasteiger partial charge in [0.05, 0.1) is 0 Å². The number of aromatic nitrogens is 2. The molecule has 1 aromatic heterocycles. The van der Waals surface area contributed by atoms with E-state index in [9.17, 15) is 5.11 Å². The van der Waals surface area contributed by atoms with Crippen LogP contribution in [0.5, 0.6) is 0 Å². The summed E-state index contributed by atoms with van der Waals surface area (Å²) in [5.74, 6) is 2.60. The Hall–Kier alpha value is -1.98. The number of anilines is 1. The lowest BCUT2D eigenvalue weighted by Gasteiger charge is -2.23. The number of aliphatic hydroxyl groups is 1. The first kappa shape index (κ1) is 17.4. The van der Waals surface area contributed by atoms with Crippen LogP contribution >= 0.6 is 0 Å². The van der Waals surface area contributed by atoms with Gasteiger partial charge in [0.1, 0.15) is 5.82 Å². The maximum absolute atomic E-state index is 9.88. The molecule has 0 saturated carbocycles. The average molecular weight is 352 g/mol. The predicted octanol–water partition coefficient (Wildman–Crippen LogP) is 2.59. The van der Waals surface area contributed by atoms with Crippen LogP contribution in [0.4, 0.5) is 5.82 Å². The summed E-state index contributed by atoms with van der Waals surface area (Å²) < 4.78 is 0. The largest absolute Gasteiger partial charge is 0.396 e. The van der Waals surface area contributed by atoms with Gasteiger partial charge in [0, 0.05) is 49.5 Å². The molecule has 1 aromatic carbocycles. The van der Waals surface area contributed by atoms with E-state index >= 15 is 0 Å². The van der Waals surface area contributed by atoms with Gasteiger partial charge >= 0.3 is 0 Å². The molecule has 1 N–H and O–H groups in total. The van der Waals surface area contributed by atoms with E-state index < -0.39 is 0 Å². The Bertz CT molecular complexity index is 730. The van der Waals surface area contributed by atoms with Gasteiger partial charge in [-0.15, -0.1) is 0 Å². The van der Waals surface area contributed by atoms with E-state index in [0.29, 0.717) is 11.8 Å². The molecule has 0 unspecified atom stereocenters. The van der Waals surface area contributed by atoms with Gasteiger partial charge in [-0.05, 0) is 38.8 Å². The van der Waals surface area contributed by atoms with Crippen LogP contribution in [0, 0.1) is 18.8 Å². The molecular formula is C21H28N4O. The van der Waals surface area contributed by atoms with Gasteiger partial charge in [0.25, 0.3) is 0 Å². The van der Waals surface area contributed by atoms with E-state index in [1.54, 1.807) is 0 Å². The smallest absolute Gasteiger partial charge is 0.161 e. The van der Waals surface area contributed by atoms with Crippen molar-refractivity contribution in [3.05, 3.63) is 42.1 Å². The van der Waals surface area contributed by atoms with E-state index in [2.05, 4.69) is 33.0 Å². The quantitative estimate of drug-likeness (QED) is 0.896. The zero-order chi connectivity index (χ0) is 17.9. The van der Waals surface area contributed by atoms with Crippen molar-refractivity contribution < 1.29 is 5.11 Å². The SMILES string of the molecule is Cc1cc(N2C[C@@H](CN3CCCC3)[C@@H](CO)C2)nc(-c2ccccc2)n1. The van der Waals surface area contributed by atoms with E-state index in [1.165, 1.54) is 25.9 Å². The summed E-state index contributed by atoms with van der Waals surface area (Å²) in [6.07, 6.45) is 2.62. The first-order valence-corrected chi connectivity index (χ1v) is 9.72. The zero-order valence-electron chi connectivity index (χ0n) is 15.5. The summed E-state index contributed by atoms with van der Waals surface area (Å²) in [6.45, 7) is 7.63. The van der Waals surface area contributed by atoms with Gasteiger partial charge in [-0.1, -0.05) is 30.3 Å². The number of aliphatic hydroxyl groups excluding tert-OH is 1. The second-order valence-electron chi connectivity index (χ2n) is 7.67. The first-order valence-electron chi connectivity index (χ1n) is 9.72. The van der Waals surface area contributed by atoms with Crippen molar-refractivity contribution in [2.24, 2.45) is 11.8 Å². The van der Waals surface area contributed by atoms with Gasteiger partial charge in [0.2, 0.25) is 0 Å². The molecule has 0 amide bonds. The fourth-order valence-corrected chi connectivity index (χ4v) is 4.27. The van der Waals surface area contributed by atoms with Gasteiger partial charge in [-0.25, -0.2) is 9.97 Å². The summed E-state index contributed by atoms with van der Waals surface area (Å²) in [4.78, 5) is 14.4. The predicted molar refractivity (Wildman–Crippen MR) is 104 cm³/mol. The summed E-state index contributed by atoms with van der Waals surface area (Å²) >= 11 is 0. The summed E-state index contributed by atoms with van der Waals surface area (Å²) in [6, 6.07) is 12.2. The number of hydrogen-bond donors (Lipinski definition) is 1. The number of rotatable bonds is 5. The molecule has 2 fully saturated rings. The molecule has 0 aliphatic carbocycles. The van der Waals surface area contributed by atoms with Crippen molar-refractivity contribution in [3.63, 3.8) is 0 Å². The summed E-state index contributed by atoms with van der Waals surface area (Å²) in [5, 5.41) is 9.88. The van der Waals surface area contributed by atoms with Crippen LogP contribution in [0.2, 0.25) is 0 Å². The maximum atomic E-state index is 9.88. The van der Waals surface area contributed by atoms with Crippen LogP contribution in [-0.4, -0.2) is 59.3 Å². The molecule has 0 bridgehead atoms. The second kappa shape index (κ2) is 7.72. The average Bonchev–Trinajstić information content (AvgIpc) is 3.32. The molecule has 5 nitrogen and oxygen atoms in total. The zero-order valence-corrected chi connectivity index (χ0v) is 15.5. The minimum Gasteiger partial charge on any atom is -0.396 e. The Morgan fingerprint density at radius 2 is 1.77 bits per heavy atom. The molecular weight excluding hydrogens is 324 g/mol. The van der Waals surface area contributed by atoms with Crippen LogP contribution in [0.3, 0.4) is 0 Å². The van der Waals surface area contributed by atoms with E-state index in [1.807, 2.05) is 25.1 Å². The van der Waals surface area contributed by atoms with Crippen molar-refractivity contribution in [2.75, 3.05) is 44.2 Å². The number of aryl methyl sites for hydroxylation is 1. The number of nitrogens with zero attached hydrogens (tertiary/aromatic N) is 4. The molecule has 2 aromatic rings. The molecule has 0 radical (unpaired) electrons. The fraction of sp³-hybridized carbons (Fsp3) is 0.524. The number of likely N-dealkylation sites (tertiary alicyclic amines) is 1. The van der Waals surface area contributed by atoms with Crippen LogP contribution < -0.4 is 4.90 Å². The molecule has 2 aliphatic rings. The monoisotopic (exact) mass is 352 g/mol. The summed E-state index contributed by atoms with van der Waals surface area (Å²) in [7, 11) is 0. The Kier molecular flexibility index (Phi) is 5.18. The Morgan fingerprint density at radius 3 is 2.50 bits per heavy atom. The third-order valence-corrected chi connectivity index (χ3v) is 5.70. The minimum absolute atomic E-state index is 0.255. The topological polar surface area (TPSA) is 52.5 Å². The molecule has 26 heavy (non-hydrogen) atoms. The van der Waals surface area contributed by atoms with Crippen molar-refractivity contribution in [1.29, 1.82) is 0 Å². The van der Waals surface area contributed by atoms with Gasteiger partial charge < -0.3 is 14.9 Å². The molecule has 2 atom stereocenters. The highest BCUT2D eigenvalue weighted by atomic mass is 16.3. The van der Waals surface area contributed by atoms with E-state index in [4.69, 9.17) is 4.98 Å². The highest BCUT2D eigenvalue weighted by Gasteiger charge is 2.34. The van der Waals surface area contributed by atoms with Crippen molar-refractivity contribution in [1.82, 2.24) is 14.9 Å². The Morgan fingerprint density at radius 1 is 1.04 bits per heavy atom. The third-order valence-electron chi connectivity index (χ3n) is 5.70. The molecule has 2 saturated heterocycles. The maximum Gasteiger partial charge on any atom is 0.161 e. The lowest BCUT2D eigenvalue weighted by Crippen LogP contribution is -2.32. The Labute approximate surface area is 155 Å². The fourth-order valence-electron chi connectivity index (χ4n) is 4.27. The normalized spacial score (nSPS) is 23.7. The lowest BCUT2D eigenvalue weighted by molar-refractivity contribution is 0.176. The summed E-state index contributed by atoms with van der Waals surface area (Å²) in [5.41, 5.74) is 2.03. The highest BCUT2D eigenvalue weighted by molar-refractivity contribution is 5.58. The Balaban J connectivity index is 1.54. The van der Waals surface area contributed by atoms with Gasteiger partial charge in [0.15, 0.2) is 5.82 Å². The van der Waals surface area contributed by atoms with Crippen LogP contribution in [0.1, 0.15) is 18.5 Å². The van der Waals surface area contributed by atoms with Crippen LogP contribution in [0.25, 0.3) is 11.4 Å². The number of hydrogen-bond acceptors (Lipinski definition) is 5. The van der Waals surface area contributed by atoms with Crippen LogP contribution in [-0.2, 0) is 0 Å². The molecule has 2 aliphatic heterocycles. The second-order valence-corrected chi connectivity index (χ2v) is 7.67. The lowest BCUT2D eigenvalue weighted by atomic mass is 9.96. The highest BCUT2D eigenvalue weighted by Crippen LogP contribution is 2.30. The van der Waals surface area contributed by atoms with Crippen LogP contribution in [0.15, 0.2) is 36.4 Å². The van der Waals surface area contributed by atoms with Gasteiger partial charge in [-0.2, -0.15) is 0 Å². The molecule has 138 valence electrons.